The Morgan fingerprint density at radius 2 is 1.85 bits per heavy atom. The number of carbonyl (C=O) groups is 1. The van der Waals surface area contributed by atoms with Crippen LogP contribution in [0.4, 0.5) is 24.0 Å². The van der Waals surface area contributed by atoms with Crippen molar-refractivity contribution >= 4 is 60.4 Å². The summed E-state index contributed by atoms with van der Waals surface area (Å²) < 4.78 is 41.0. The number of carbonyl (C=O) groups excluding carboxylic acids is 1. The molecule has 0 fully saturated rings. The number of hydrazone groups is 1. The number of halogens is 4. The number of rotatable bonds is 5. The maximum absolute atomic E-state index is 13.2. The zero-order valence-electron chi connectivity index (χ0n) is 16.9. The minimum Gasteiger partial charge on any atom is -0.267 e. The van der Waals surface area contributed by atoms with E-state index in [1.165, 1.54) is 36.5 Å². The molecule has 4 aromatic rings. The zero-order valence-corrected chi connectivity index (χ0v) is 19.3. The first kappa shape index (κ1) is 23.5. The molecule has 34 heavy (non-hydrogen) atoms. The van der Waals surface area contributed by atoms with Crippen LogP contribution in [0, 0.1) is 10.1 Å². The van der Waals surface area contributed by atoms with E-state index < -0.39 is 22.6 Å². The summed E-state index contributed by atoms with van der Waals surface area (Å²) in [6.07, 6.45) is -3.34. The predicted octanol–water partition coefficient (Wildman–Crippen LogP) is 6.67. The first-order valence-corrected chi connectivity index (χ1v) is 11.1. The van der Waals surface area contributed by atoms with Gasteiger partial charge in [-0.2, -0.15) is 23.3 Å². The molecule has 172 valence electrons. The number of aromatic nitrogens is 1. The van der Waals surface area contributed by atoms with Crippen LogP contribution < -0.4 is 5.01 Å². The van der Waals surface area contributed by atoms with Crippen molar-refractivity contribution in [1.82, 2.24) is 4.98 Å². The molecule has 0 radical (unpaired) electrons. The maximum Gasteiger partial charge on any atom is 0.416 e. The van der Waals surface area contributed by atoms with Crippen molar-refractivity contribution in [2.24, 2.45) is 5.10 Å². The Balaban J connectivity index is 1.75. The summed E-state index contributed by atoms with van der Waals surface area (Å²) in [5.74, 6) is -0.817. The lowest BCUT2D eigenvalue weighted by Crippen LogP contribution is -2.26. The van der Waals surface area contributed by atoms with Crippen LogP contribution in [0.1, 0.15) is 21.5 Å². The van der Waals surface area contributed by atoms with Gasteiger partial charge in [-0.1, -0.05) is 33.3 Å². The number of nitro groups is 1. The number of hydrogen-bond acceptors (Lipinski definition) is 6. The van der Waals surface area contributed by atoms with E-state index in [1.54, 1.807) is 18.2 Å². The van der Waals surface area contributed by atoms with Crippen molar-refractivity contribution in [3.05, 3.63) is 98.0 Å². The fourth-order valence-electron chi connectivity index (χ4n) is 2.92. The van der Waals surface area contributed by atoms with Crippen molar-refractivity contribution in [2.45, 2.75) is 6.18 Å². The molecule has 0 saturated heterocycles. The summed E-state index contributed by atoms with van der Waals surface area (Å²) in [5, 5.41) is 16.1. The molecule has 0 spiro atoms. The maximum atomic E-state index is 13.2. The number of nitro benzene ring substituents is 1. The largest absolute Gasteiger partial charge is 0.416 e. The molecule has 0 unspecified atom stereocenters. The molecule has 1 amide bonds. The second-order valence-electron chi connectivity index (χ2n) is 6.90. The summed E-state index contributed by atoms with van der Waals surface area (Å²) in [5.41, 5.74) is -0.292. The highest BCUT2D eigenvalue weighted by atomic mass is 79.9. The summed E-state index contributed by atoms with van der Waals surface area (Å²) in [6, 6.07) is 14.7. The molecule has 4 rings (SSSR count). The third-order valence-electron chi connectivity index (χ3n) is 4.58. The normalized spacial score (nSPS) is 11.8. The van der Waals surface area contributed by atoms with E-state index in [0.717, 1.165) is 43.7 Å². The van der Waals surface area contributed by atoms with Crippen molar-refractivity contribution in [1.29, 1.82) is 0 Å². The zero-order chi connectivity index (χ0) is 24.5. The highest BCUT2D eigenvalue weighted by Crippen LogP contribution is 2.33. The third-order valence-corrected chi connectivity index (χ3v) is 6.06. The summed E-state index contributed by atoms with van der Waals surface area (Å²) >= 11 is 4.49. The molecule has 1 aromatic heterocycles. The van der Waals surface area contributed by atoms with E-state index in [-0.39, 0.29) is 16.4 Å². The summed E-state index contributed by atoms with van der Waals surface area (Å²) in [4.78, 5) is 27.9. The number of thiazole rings is 1. The number of benzene rings is 3. The second-order valence-corrected chi connectivity index (χ2v) is 8.82. The van der Waals surface area contributed by atoms with Crippen molar-refractivity contribution < 1.29 is 22.9 Å². The number of amides is 1. The van der Waals surface area contributed by atoms with Crippen LogP contribution >= 0.6 is 27.3 Å². The smallest absolute Gasteiger partial charge is 0.267 e. The van der Waals surface area contributed by atoms with E-state index in [1.807, 2.05) is 0 Å². The fraction of sp³-hybridized carbons (Fsp3) is 0.0455. The predicted molar refractivity (Wildman–Crippen MR) is 126 cm³/mol. The number of alkyl halides is 3. The second kappa shape index (κ2) is 9.31. The van der Waals surface area contributed by atoms with E-state index in [0.29, 0.717) is 11.1 Å². The van der Waals surface area contributed by atoms with E-state index in [4.69, 9.17) is 0 Å². The average Bonchev–Trinajstić information content (AvgIpc) is 3.21. The highest BCUT2D eigenvalue weighted by molar-refractivity contribution is 9.10. The molecular formula is C22H12BrF3N4O3S. The Bertz CT molecular complexity index is 1420. The molecule has 0 N–H and O–H groups in total. The number of nitrogens with zero attached hydrogens (tertiary/aromatic N) is 4. The summed E-state index contributed by atoms with van der Waals surface area (Å²) in [7, 11) is 0. The van der Waals surface area contributed by atoms with Gasteiger partial charge in [-0.15, -0.1) is 0 Å². The molecule has 0 aliphatic carbocycles. The van der Waals surface area contributed by atoms with Crippen LogP contribution in [0.3, 0.4) is 0 Å². The molecule has 0 bridgehead atoms. The van der Waals surface area contributed by atoms with Crippen molar-refractivity contribution in [2.75, 3.05) is 5.01 Å². The SMILES string of the molecule is O=C(c1cccc(C(F)(F)F)c1)N(/N=C/c1ccc([N+](=O)[O-])cc1)c1nc2ccc(Br)cc2s1. The molecule has 0 aliphatic rings. The van der Waals surface area contributed by atoms with Gasteiger partial charge in [0.2, 0.25) is 5.13 Å². The van der Waals surface area contributed by atoms with Gasteiger partial charge in [-0.05, 0) is 54.1 Å². The van der Waals surface area contributed by atoms with Crippen LogP contribution in [-0.4, -0.2) is 22.0 Å². The minimum atomic E-state index is -4.62. The molecule has 0 atom stereocenters. The molecule has 1 heterocycles. The van der Waals surface area contributed by atoms with Gasteiger partial charge in [-0.25, -0.2) is 4.98 Å². The third kappa shape index (κ3) is 5.13. The van der Waals surface area contributed by atoms with Gasteiger partial charge in [-0.3, -0.25) is 14.9 Å². The first-order valence-electron chi connectivity index (χ1n) is 9.48. The highest BCUT2D eigenvalue weighted by Gasteiger charge is 2.32. The molecule has 12 heteroatoms. The van der Waals surface area contributed by atoms with Crippen molar-refractivity contribution in [3.8, 4) is 0 Å². The Hall–Kier alpha value is -3.64. The van der Waals surface area contributed by atoms with Gasteiger partial charge in [0, 0.05) is 22.2 Å². The fourth-order valence-corrected chi connectivity index (χ4v) is 4.40. The van der Waals surface area contributed by atoms with Crippen LogP contribution in [-0.2, 0) is 6.18 Å². The minimum absolute atomic E-state index is 0.120. The van der Waals surface area contributed by atoms with Crippen LogP contribution in [0.15, 0.2) is 76.3 Å². The number of anilines is 1. The number of hydrogen-bond donors (Lipinski definition) is 0. The lowest BCUT2D eigenvalue weighted by Gasteiger charge is -2.15. The number of non-ortho nitro benzene ring substituents is 1. The Morgan fingerprint density at radius 3 is 2.53 bits per heavy atom. The van der Waals surface area contributed by atoms with Crippen LogP contribution in [0.25, 0.3) is 10.2 Å². The average molecular weight is 549 g/mol. The van der Waals surface area contributed by atoms with Gasteiger partial charge < -0.3 is 0 Å². The van der Waals surface area contributed by atoms with E-state index in [2.05, 4.69) is 26.0 Å². The van der Waals surface area contributed by atoms with E-state index >= 15 is 0 Å². The summed E-state index contributed by atoms with van der Waals surface area (Å²) in [6.45, 7) is 0. The lowest BCUT2D eigenvalue weighted by molar-refractivity contribution is -0.384. The quantitative estimate of drug-likeness (QED) is 0.158. The molecule has 7 nitrogen and oxygen atoms in total. The lowest BCUT2D eigenvalue weighted by atomic mass is 10.1. The Kier molecular flexibility index (Phi) is 6.44. The van der Waals surface area contributed by atoms with Crippen LogP contribution in [0.2, 0.25) is 0 Å². The standard InChI is InChI=1S/C22H12BrF3N4O3S/c23-16-6-9-18-19(11-16)34-21(28-18)29(27-12-13-4-7-17(8-5-13)30(32)33)20(31)14-2-1-3-15(10-14)22(24,25)26/h1-12H/b27-12+. The van der Waals surface area contributed by atoms with E-state index in [9.17, 15) is 28.1 Å². The van der Waals surface area contributed by atoms with Crippen molar-refractivity contribution in [3.63, 3.8) is 0 Å². The van der Waals surface area contributed by atoms with Gasteiger partial charge in [0.05, 0.1) is 26.9 Å². The van der Waals surface area contributed by atoms with Gasteiger partial charge in [0.25, 0.3) is 11.6 Å². The monoisotopic (exact) mass is 548 g/mol. The van der Waals surface area contributed by atoms with Crippen LogP contribution in [0.5, 0.6) is 0 Å². The van der Waals surface area contributed by atoms with Gasteiger partial charge in [0.15, 0.2) is 0 Å². The Labute approximate surface area is 202 Å². The number of fused-ring (bicyclic) bond motifs is 1. The molecule has 3 aromatic carbocycles. The first-order chi connectivity index (χ1) is 16.1. The molecule has 0 saturated carbocycles. The Morgan fingerprint density at radius 1 is 1.12 bits per heavy atom. The van der Waals surface area contributed by atoms with Gasteiger partial charge in [0.1, 0.15) is 0 Å². The molecular weight excluding hydrogens is 537 g/mol. The van der Waals surface area contributed by atoms with Gasteiger partial charge >= 0.3 is 6.18 Å². The topological polar surface area (TPSA) is 88.7 Å². The molecule has 0 aliphatic heterocycles.